The van der Waals surface area contributed by atoms with Crippen molar-refractivity contribution >= 4 is 28.8 Å². The molecule has 1 unspecified atom stereocenters. The molecule has 1 aliphatic carbocycles. The summed E-state index contributed by atoms with van der Waals surface area (Å²) in [4.78, 5) is 24.0. The van der Waals surface area contributed by atoms with Gasteiger partial charge in [0, 0.05) is 29.6 Å². The van der Waals surface area contributed by atoms with Crippen LogP contribution in [-0.2, 0) is 11.2 Å². The fourth-order valence-corrected chi connectivity index (χ4v) is 3.83. The molecule has 0 saturated carbocycles. The van der Waals surface area contributed by atoms with Gasteiger partial charge in [-0.3, -0.25) is 9.59 Å². The van der Waals surface area contributed by atoms with Crippen LogP contribution in [0.4, 0.5) is 5.69 Å². The SMILES string of the molecule is Nc1ccc2c(c1)CCCC2NC(=O)CCCNC(=O)c1ccsc1. The summed E-state index contributed by atoms with van der Waals surface area (Å²) in [5.41, 5.74) is 9.71. The highest BCUT2D eigenvalue weighted by Crippen LogP contribution is 2.31. The molecule has 0 radical (unpaired) electrons. The molecule has 6 heteroatoms. The van der Waals surface area contributed by atoms with Crippen LogP contribution in [0.5, 0.6) is 0 Å². The summed E-state index contributed by atoms with van der Waals surface area (Å²) >= 11 is 1.49. The first kappa shape index (κ1) is 17.5. The molecule has 1 heterocycles. The number of benzene rings is 1. The van der Waals surface area contributed by atoms with Gasteiger partial charge in [0.05, 0.1) is 6.04 Å². The lowest BCUT2D eigenvalue weighted by molar-refractivity contribution is -0.122. The standard InChI is InChI=1S/C19H23N3O2S/c20-15-6-7-16-13(11-15)3-1-4-17(16)22-18(23)5-2-9-21-19(24)14-8-10-25-12-14/h6-8,10-12,17H,1-5,9,20H2,(H,21,24)(H,22,23). The summed E-state index contributed by atoms with van der Waals surface area (Å²) < 4.78 is 0. The zero-order chi connectivity index (χ0) is 17.6. The Labute approximate surface area is 151 Å². The largest absolute Gasteiger partial charge is 0.399 e. The van der Waals surface area contributed by atoms with E-state index in [2.05, 4.69) is 10.6 Å². The molecule has 4 N–H and O–H groups in total. The van der Waals surface area contributed by atoms with Crippen LogP contribution in [0.2, 0.25) is 0 Å². The normalized spacial score (nSPS) is 16.1. The highest BCUT2D eigenvalue weighted by Gasteiger charge is 2.21. The molecule has 0 fully saturated rings. The van der Waals surface area contributed by atoms with Crippen LogP contribution >= 0.6 is 11.3 Å². The molecular weight excluding hydrogens is 334 g/mol. The fraction of sp³-hybridized carbons (Fsp3) is 0.368. The summed E-state index contributed by atoms with van der Waals surface area (Å²) in [6.45, 7) is 0.500. The van der Waals surface area contributed by atoms with Gasteiger partial charge in [-0.25, -0.2) is 0 Å². The number of carbonyl (C=O) groups excluding carboxylic acids is 2. The van der Waals surface area contributed by atoms with Crippen LogP contribution in [0.15, 0.2) is 35.0 Å². The molecule has 25 heavy (non-hydrogen) atoms. The third-order valence-corrected chi connectivity index (χ3v) is 5.15. The van der Waals surface area contributed by atoms with Gasteiger partial charge < -0.3 is 16.4 Å². The molecule has 1 atom stereocenters. The number of aryl methyl sites for hydroxylation is 1. The zero-order valence-electron chi connectivity index (χ0n) is 14.1. The van der Waals surface area contributed by atoms with Gasteiger partial charge in [-0.05, 0) is 60.4 Å². The van der Waals surface area contributed by atoms with E-state index in [9.17, 15) is 9.59 Å². The average molecular weight is 357 g/mol. The molecular formula is C19H23N3O2S. The third-order valence-electron chi connectivity index (χ3n) is 4.47. The van der Waals surface area contributed by atoms with E-state index in [0.29, 0.717) is 24.9 Å². The van der Waals surface area contributed by atoms with Crippen LogP contribution in [0.3, 0.4) is 0 Å². The van der Waals surface area contributed by atoms with E-state index in [0.717, 1.165) is 24.9 Å². The molecule has 5 nitrogen and oxygen atoms in total. The van der Waals surface area contributed by atoms with E-state index in [1.54, 1.807) is 6.07 Å². The summed E-state index contributed by atoms with van der Waals surface area (Å²) in [5.74, 6) is -0.0556. The van der Waals surface area contributed by atoms with Crippen molar-refractivity contribution in [3.63, 3.8) is 0 Å². The highest BCUT2D eigenvalue weighted by molar-refractivity contribution is 7.08. The number of amides is 2. The van der Waals surface area contributed by atoms with Crippen molar-refractivity contribution in [2.45, 2.75) is 38.1 Å². The first-order valence-electron chi connectivity index (χ1n) is 8.61. The first-order valence-corrected chi connectivity index (χ1v) is 9.56. The summed E-state index contributed by atoms with van der Waals surface area (Å²) in [6, 6.07) is 7.78. The highest BCUT2D eigenvalue weighted by atomic mass is 32.1. The van der Waals surface area contributed by atoms with E-state index in [4.69, 9.17) is 5.73 Å². The van der Waals surface area contributed by atoms with Crippen molar-refractivity contribution in [1.82, 2.24) is 10.6 Å². The van der Waals surface area contributed by atoms with Crippen LogP contribution in [0.1, 0.15) is 53.2 Å². The zero-order valence-corrected chi connectivity index (χ0v) is 14.9. The second kappa shape index (κ2) is 8.16. The molecule has 1 aliphatic rings. The molecule has 0 saturated heterocycles. The quantitative estimate of drug-likeness (QED) is 0.549. The van der Waals surface area contributed by atoms with Crippen molar-refractivity contribution < 1.29 is 9.59 Å². The predicted molar refractivity (Wildman–Crippen MR) is 101 cm³/mol. The van der Waals surface area contributed by atoms with E-state index >= 15 is 0 Å². The lowest BCUT2D eigenvalue weighted by Gasteiger charge is -2.26. The Hall–Kier alpha value is -2.34. The van der Waals surface area contributed by atoms with Crippen molar-refractivity contribution in [2.75, 3.05) is 12.3 Å². The minimum absolute atomic E-state index is 0.0273. The monoisotopic (exact) mass is 357 g/mol. The number of nitrogens with two attached hydrogens (primary N) is 1. The molecule has 0 aliphatic heterocycles. The van der Waals surface area contributed by atoms with Crippen LogP contribution in [-0.4, -0.2) is 18.4 Å². The molecule has 2 amide bonds. The number of hydrogen-bond donors (Lipinski definition) is 3. The van der Waals surface area contributed by atoms with Gasteiger partial charge in [0.15, 0.2) is 0 Å². The van der Waals surface area contributed by atoms with Crippen LogP contribution < -0.4 is 16.4 Å². The topological polar surface area (TPSA) is 84.2 Å². The van der Waals surface area contributed by atoms with Crippen molar-refractivity contribution in [1.29, 1.82) is 0 Å². The Bertz CT molecular complexity index is 743. The number of carbonyl (C=O) groups is 2. The van der Waals surface area contributed by atoms with E-state index in [1.165, 1.54) is 22.5 Å². The second-order valence-corrected chi connectivity index (χ2v) is 7.12. The fourth-order valence-electron chi connectivity index (χ4n) is 3.20. The van der Waals surface area contributed by atoms with Crippen molar-refractivity contribution in [3.05, 3.63) is 51.7 Å². The minimum Gasteiger partial charge on any atom is -0.399 e. The number of anilines is 1. The lowest BCUT2D eigenvalue weighted by Crippen LogP contribution is -2.32. The van der Waals surface area contributed by atoms with E-state index in [-0.39, 0.29) is 17.9 Å². The molecule has 2 aromatic rings. The van der Waals surface area contributed by atoms with E-state index in [1.807, 2.05) is 29.0 Å². The van der Waals surface area contributed by atoms with Gasteiger partial charge in [-0.2, -0.15) is 11.3 Å². The Morgan fingerprint density at radius 3 is 2.96 bits per heavy atom. The Morgan fingerprint density at radius 2 is 2.16 bits per heavy atom. The molecule has 3 rings (SSSR count). The molecule has 0 bridgehead atoms. The Morgan fingerprint density at radius 1 is 1.28 bits per heavy atom. The smallest absolute Gasteiger partial charge is 0.252 e. The minimum atomic E-state index is -0.0829. The van der Waals surface area contributed by atoms with Crippen LogP contribution in [0, 0.1) is 0 Å². The summed E-state index contributed by atoms with van der Waals surface area (Å²) in [5, 5.41) is 9.65. The molecule has 132 valence electrons. The van der Waals surface area contributed by atoms with Gasteiger partial charge in [0.1, 0.15) is 0 Å². The second-order valence-electron chi connectivity index (χ2n) is 6.34. The van der Waals surface area contributed by atoms with Gasteiger partial charge in [-0.15, -0.1) is 0 Å². The van der Waals surface area contributed by atoms with Crippen molar-refractivity contribution in [2.24, 2.45) is 0 Å². The molecule has 1 aromatic heterocycles. The Kier molecular flexibility index (Phi) is 5.71. The van der Waals surface area contributed by atoms with Gasteiger partial charge in [-0.1, -0.05) is 6.07 Å². The average Bonchev–Trinajstić information content (AvgIpc) is 3.13. The summed E-state index contributed by atoms with van der Waals surface area (Å²) in [6.07, 6.45) is 4.06. The number of rotatable bonds is 6. The number of hydrogen-bond acceptors (Lipinski definition) is 4. The van der Waals surface area contributed by atoms with Gasteiger partial charge >= 0.3 is 0 Å². The Balaban J connectivity index is 1.44. The maximum Gasteiger partial charge on any atom is 0.252 e. The van der Waals surface area contributed by atoms with Gasteiger partial charge in [0.2, 0.25) is 5.91 Å². The van der Waals surface area contributed by atoms with E-state index < -0.39 is 0 Å². The number of fused-ring (bicyclic) bond motifs is 1. The predicted octanol–water partition coefficient (Wildman–Crippen LogP) is 3.03. The maximum absolute atomic E-state index is 12.2. The number of nitrogen functional groups attached to an aromatic ring is 1. The van der Waals surface area contributed by atoms with Gasteiger partial charge in [0.25, 0.3) is 5.91 Å². The lowest BCUT2D eigenvalue weighted by atomic mass is 9.87. The van der Waals surface area contributed by atoms with Crippen molar-refractivity contribution in [3.8, 4) is 0 Å². The molecule has 0 spiro atoms. The molecule has 1 aromatic carbocycles. The maximum atomic E-state index is 12.2. The number of nitrogens with one attached hydrogen (secondary N) is 2. The number of thiophene rings is 1. The van der Waals surface area contributed by atoms with Crippen LogP contribution in [0.25, 0.3) is 0 Å². The first-order chi connectivity index (χ1) is 12.1. The summed E-state index contributed by atoms with van der Waals surface area (Å²) in [7, 11) is 0. The third kappa shape index (κ3) is 4.60.